The number of aryl methyl sites for hydroxylation is 1. The van der Waals surface area contributed by atoms with Gasteiger partial charge in [0, 0.05) is 18.2 Å². The second-order valence-electron chi connectivity index (χ2n) is 5.78. The van der Waals surface area contributed by atoms with Gasteiger partial charge < -0.3 is 14.7 Å². The monoisotopic (exact) mass is 263 g/mol. The van der Waals surface area contributed by atoms with Crippen molar-refractivity contribution in [1.82, 2.24) is 4.90 Å². The van der Waals surface area contributed by atoms with E-state index in [2.05, 4.69) is 18.9 Å². The van der Waals surface area contributed by atoms with Gasteiger partial charge in [0.1, 0.15) is 5.75 Å². The summed E-state index contributed by atoms with van der Waals surface area (Å²) in [6.45, 7) is 4.93. The molecule has 2 unspecified atom stereocenters. The van der Waals surface area contributed by atoms with Crippen LogP contribution in [0.5, 0.6) is 5.75 Å². The molecule has 0 heterocycles. The Balaban J connectivity index is 2.05. The minimum Gasteiger partial charge on any atom is -0.496 e. The van der Waals surface area contributed by atoms with Crippen molar-refractivity contribution in [3.63, 3.8) is 0 Å². The Labute approximate surface area is 116 Å². The number of likely N-dealkylation sites (N-methyl/N-ethyl adjacent to an activating group) is 1. The van der Waals surface area contributed by atoms with Gasteiger partial charge in [-0.05, 0) is 51.8 Å². The highest BCUT2D eigenvalue weighted by Crippen LogP contribution is 2.35. The van der Waals surface area contributed by atoms with E-state index in [1.807, 2.05) is 25.1 Å². The molecule has 1 aromatic rings. The average Bonchev–Trinajstić information content (AvgIpc) is 3.21. The van der Waals surface area contributed by atoms with Crippen LogP contribution in [0.3, 0.4) is 0 Å². The summed E-state index contributed by atoms with van der Waals surface area (Å²) in [5.74, 6) is 1.59. The predicted octanol–water partition coefficient (Wildman–Crippen LogP) is 2.77. The summed E-state index contributed by atoms with van der Waals surface area (Å²) in [4.78, 5) is 2.25. The highest BCUT2D eigenvalue weighted by Gasteiger charge is 2.31. The van der Waals surface area contributed by atoms with Gasteiger partial charge in [-0.1, -0.05) is 11.6 Å². The van der Waals surface area contributed by atoms with E-state index in [1.54, 1.807) is 7.11 Å². The van der Waals surface area contributed by atoms with Gasteiger partial charge in [-0.3, -0.25) is 0 Å². The molecule has 3 heteroatoms. The zero-order chi connectivity index (χ0) is 14.0. The van der Waals surface area contributed by atoms with Gasteiger partial charge in [0.15, 0.2) is 0 Å². The number of aliphatic hydroxyl groups excluding tert-OH is 1. The average molecular weight is 263 g/mol. The predicted molar refractivity (Wildman–Crippen MR) is 77.5 cm³/mol. The summed E-state index contributed by atoms with van der Waals surface area (Å²) >= 11 is 0. The van der Waals surface area contributed by atoms with Crippen molar-refractivity contribution in [1.29, 1.82) is 0 Å². The van der Waals surface area contributed by atoms with Gasteiger partial charge >= 0.3 is 0 Å². The van der Waals surface area contributed by atoms with Crippen molar-refractivity contribution >= 4 is 0 Å². The second-order valence-corrected chi connectivity index (χ2v) is 5.78. The molecule has 0 saturated heterocycles. The van der Waals surface area contributed by atoms with Gasteiger partial charge in [0.2, 0.25) is 0 Å². The molecule has 0 aromatic heterocycles. The summed E-state index contributed by atoms with van der Waals surface area (Å²) in [6, 6.07) is 6.49. The Morgan fingerprint density at radius 2 is 2.11 bits per heavy atom. The molecule has 1 aliphatic carbocycles. The Hall–Kier alpha value is -1.06. The van der Waals surface area contributed by atoms with Crippen LogP contribution in [0.1, 0.15) is 37.0 Å². The first-order chi connectivity index (χ1) is 9.02. The quantitative estimate of drug-likeness (QED) is 0.856. The van der Waals surface area contributed by atoms with E-state index >= 15 is 0 Å². The van der Waals surface area contributed by atoms with E-state index in [-0.39, 0.29) is 0 Å². The molecular formula is C16H25NO2. The van der Waals surface area contributed by atoms with E-state index in [9.17, 15) is 5.11 Å². The molecule has 0 amide bonds. The Kier molecular flexibility index (Phi) is 4.48. The number of ether oxygens (including phenoxy) is 1. The fraction of sp³-hybridized carbons (Fsp3) is 0.625. The largest absolute Gasteiger partial charge is 0.496 e. The SMILES string of the molecule is COc1ccc(C)cc1C(O)CN(C)C(C)C1CC1. The third kappa shape index (κ3) is 3.48. The van der Waals surface area contributed by atoms with Crippen LogP contribution in [0, 0.1) is 12.8 Å². The van der Waals surface area contributed by atoms with Gasteiger partial charge in [0.25, 0.3) is 0 Å². The van der Waals surface area contributed by atoms with Crippen molar-refractivity contribution < 1.29 is 9.84 Å². The smallest absolute Gasteiger partial charge is 0.124 e. The minimum absolute atomic E-state index is 0.499. The van der Waals surface area contributed by atoms with Crippen LogP contribution in [0.2, 0.25) is 0 Å². The topological polar surface area (TPSA) is 32.7 Å². The third-order valence-electron chi connectivity index (χ3n) is 4.20. The molecule has 2 atom stereocenters. The Morgan fingerprint density at radius 3 is 2.68 bits per heavy atom. The number of hydrogen-bond donors (Lipinski definition) is 1. The normalized spacial score (nSPS) is 18.4. The maximum absolute atomic E-state index is 10.5. The van der Waals surface area contributed by atoms with Crippen molar-refractivity contribution in [3.05, 3.63) is 29.3 Å². The fourth-order valence-electron chi connectivity index (χ4n) is 2.59. The fourth-order valence-corrected chi connectivity index (χ4v) is 2.59. The lowest BCUT2D eigenvalue weighted by atomic mass is 10.0. The number of rotatable bonds is 6. The maximum Gasteiger partial charge on any atom is 0.124 e. The molecular weight excluding hydrogens is 238 g/mol. The Bertz CT molecular complexity index is 429. The molecule has 1 saturated carbocycles. The van der Waals surface area contributed by atoms with E-state index < -0.39 is 6.10 Å². The molecule has 0 aliphatic heterocycles. The van der Waals surface area contributed by atoms with Crippen LogP contribution in [0.4, 0.5) is 0 Å². The molecule has 0 radical (unpaired) electrons. The number of nitrogens with zero attached hydrogens (tertiary/aromatic N) is 1. The summed E-state index contributed by atoms with van der Waals surface area (Å²) in [5, 5.41) is 10.5. The van der Waals surface area contributed by atoms with Gasteiger partial charge in [-0.15, -0.1) is 0 Å². The summed E-state index contributed by atoms with van der Waals surface area (Å²) in [5.41, 5.74) is 2.03. The molecule has 0 bridgehead atoms. The molecule has 1 N–H and O–H groups in total. The van der Waals surface area contributed by atoms with E-state index in [0.29, 0.717) is 12.6 Å². The lowest BCUT2D eigenvalue weighted by molar-refractivity contribution is 0.100. The Morgan fingerprint density at radius 1 is 1.42 bits per heavy atom. The second kappa shape index (κ2) is 5.93. The summed E-state index contributed by atoms with van der Waals surface area (Å²) in [6.07, 6.45) is 2.16. The van der Waals surface area contributed by atoms with Crippen molar-refractivity contribution in [3.8, 4) is 5.75 Å². The first kappa shape index (κ1) is 14.4. The van der Waals surface area contributed by atoms with E-state index in [1.165, 1.54) is 12.8 Å². The van der Waals surface area contributed by atoms with Gasteiger partial charge in [0.05, 0.1) is 13.2 Å². The molecule has 1 fully saturated rings. The van der Waals surface area contributed by atoms with Crippen LogP contribution in [0.25, 0.3) is 0 Å². The zero-order valence-electron chi connectivity index (χ0n) is 12.4. The van der Waals surface area contributed by atoms with Crippen molar-refractivity contribution in [2.45, 2.75) is 38.8 Å². The van der Waals surface area contributed by atoms with Crippen LogP contribution < -0.4 is 4.74 Å². The highest BCUT2D eigenvalue weighted by atomic mass is 16.5. The molecule has 1 aromatic carbocycles. The van der Waals surface area contributed by atoms with E-state index in [4.69, 9.17) is 4.74 Å². The summed E-state index contributed by atoms with van der Waals surface area (Å²) < 4.78 is 5.34. The molecule has 106 valence electrons. The van der Waals surface area contributed by atoms with Gasteiger partial charge in [-0.2, -0.15) is 0 Å². The van der Waals surface area contributed by atoms with Gasteiger partial charge in [-0.25, -0.2) is 0 Å². The number of methoxy groups -OCH3 is 1. The number of aliphatic hydroxyl groups is 1. The first-order valence-corrected chi connectivity index (χ1v) is 7.05. The van der Waals surface area contributed by atoms with Crippen molar-refractivity contribution in [2.75, 3.05) is 20.7 Å². The molecule has 19 heavy (non-hydrogen) atoms. The van der Waals surface area contributed by atoms with Crippen LogP contribution in [-0.4, -0.2) is 36.8 Å². The molecule has 1 aliphatic rings. The van der Waals surface area contributed by atoms with E-state index in [0.717, 1.165) is 22.8 Å². The molecule has 2 rings (SSSR count). The lowest BCUT2D eigenvalue weighted by Gasteiger charge is -2.27. The molecule has 3 nitrogen and oxygen atoms in total. The number of benzene rings is 1. The highest BCUT2D eigenvalue weighted by molar-refractivity contribution is 5.38. The summed E-state index contributed by atoms with van der Waals surface area (Å²) in [7, 11) is 3.74. The zero-order valence-corrected chi connectivity index (χ0v) is 12.4. The first-order valence-electron chi connectivity index (χ1n) is 7.05. The lowest BCUT2D eigenvalue weighted by Crippen LogP contribution is -2.34. The number of hydrogen-bond acceptors (Lipinski definition) is 3. The van der Waals surface area contributed by atoms with Crippen LogP contribution in [-0.2, 0) is 0 Å². The standard InChI is InChI=1S/C16H25NO2/c1-11-5-8-16(19-4)14(9-11)15(18)10-17(3)12(2)13-6-7-13/h5,8-9,12-13,15,18H,6-7,10H2,1-4H3. The third-order valence-corrected chi connectivity index (χ3v) is 4.20. The van der Waals surface area contributed by atoms with Crippen LogP contribution >= 0.6 is 0 Å². The maximum atomic E-state index is 10.5. The molecule has 0 spiro atoms. The van der Waals surface area contributed by atoms with Crippen LogP contribution in [0.15, 0.2) is 18.2 Å². The minimum atomic E-state index is -0.499. The van der Waals surface area contributed by atoms with Crippen molar-refractivity contribution in [2.24, 2.45) is 5.92 Å².